The van der Waals surface area contributed by atoms with Crippen molar-refractivity contribution in [2.24, 2.45) is 16.8 Å². The second-order valence-corrected chi connectivity index (χ2v) is 6.29. The maximum Gasteiger partial charge on any atom is 0.309 e. The lowest BCUT2D eigenvalue weighted by Gasteiger charge is -2.25. The average molecular weight is 312 g/mol. The lowest BCUT2D eigenvalue weighted by molar-refractivity contribution is -0.155. The molecule has 0 aromatic carbocycles. The Bertz CT molecular complexity index is 321. The molecule has 2 unspecified atom stereocenters. The van der Waals surface area contributed by atoms with Gasteiger partial charge in [-0.15, -0.1) is 0 Å². The number of nitrogens with zero attached hydrogens (tertiary/aromatic N) is 1. The molecule has 0 saturated heterocycles. The monoisotopic (exact) mass is 311 g/mol. The number of unbranched alkanes of at least 4 members (excludes halogenated alkanes) is 2. The summed E-state index contributed by atoms with van der Waals surface area (Å²) in [6.45, 7) is 13.5. The molecule has 0 radical (unpaired) electrons. The summed E-state index contributed by atoms with van der Waals surface area (Å²) in [7, 11) is 0. The highest BCUT2D eigenvalue weighted by Gasteiger charge is 2.29. The van der Waals surface area contributed by atoms with Crippen LogP contribution in [0, 0.1) is 11.8 Å². The number of carbonyl (C=O) groups excluding carboxylic acids is 1. The molecule has 0 bridgehead atoms. The van der Waals surface area contributed by atoms with Crippen LogP contribution in [-0.2, 0) is 9.53 Å². The molecule has 0 N–H and O–H groups in total. The van der Waals surface area contributed by atoms with Crippen molar-refractivity contribution in [2.45, 2.75) is 92.6 Å². The first kappa shape index (κ1) is 21.1. The molecular weight excluding hydrogens is 274 g/mol. The summed E-state index contributed by atoms with van der Waals surface area (Å²) in [4.78, 5) is 17.2. The van der Waals surface area contributed by atoms with Crippen molar-refractivity contribution in [3.05, 3.63) is 0 Å². The van der Waals surface area contributed by atoms with Crippen molar-refractivity contribution in [1.82, 2.24) is 0 Å². The van der Waals surface area contributed by atoms with Crippen LogP contribution in [0.25, 0.3) is 0 Å². The van der Waals surface area contributed by atoms with Gasteiger partial charge in [0.15, 0.2) is 0 Å². The predicted octanol–water partition coefficient (Wildman–Crippen LogP) is 5.42. The molecular formula is C19H37NO2. The number of rotatable bonds is 12. The quantitative estimate of drug-likeness (QED) is 0.274. The molecule has 0 saturated carbocycles. The Morgan fingerprint density at radius 3 is 2.18 bits per heavy atom. The van der Waals surface area contributed by atoms with Crippen LogP contribution in [0.4, 0.5) is 0 Å². The zero-order chi connectivity index (χ0) is 17.0. The lowest BCUT2D eigenvalue weighted by Crippen LogP contribution is -2.31. The number of ether oxygens (including phenoxy) is 1. The highest BCUT2D eigenvalue weighted by molar-refractivity contribution is 5.88. The Morgan fingerprint density at radius 1 is 1.05 bits per heavy atom. The molecule has 0 aliphatic rings. The first-order chi connectivity index (χ1) is 10.5. The second-order valence-electron chi connectivity index (χ2n) is 6.29. The van der Waals surface area contributed by atoms with E-state index in [0.29, 0.717) is 0 Å². The Kier molecular flexibility index (Phi) is 12.2. The van der Waals surface area contributed by atoms with Crippen molar-refractivity contribution in [2.75, 3.05) is 6.54 Å². The van der Waals surface area contributed by atoms with Gasteiger partial charge in [0.25, 0.3) is 0 Å². The molecule has 3 nitrogen and oxygen atoms in total. The van der Waals surface area contributed by atoms with E-state index in [1.54, 1.807) is 0 Å². The summed E-state index contributed by atoms with van der Waals surface area (Å²) in [6.07, 6.45) is 7.22. The lowest BCUT2D eigenvalue weighted by atomic mass is 9.86. The predicted molar refractivity (Wildman–Crippen MR) is 95.5 cm³/mol. The fraction of sp³-hybridized carbons (Fsp3) is 0.895. The molecule has 0 heterocycles. The van der Waals surface area contributed by atoms with Crippen molar-refractivity contribution in [1.29, 1.82) is 0 Å². The van der Waals surface area contributed by atoms with E-state index in [0.717, 1.165) is 44.4 Å². The van der Waals surface area contributed by atoms with Crippen molar-refractivity contribution in [3.8, 4) is 0 Å². The number of hydrogen-bond acceptors (Lipinski definition) is 3. The topological polar surface area (TPSA) is 38.7 Å². The van der Waals surface area contributed by atoms with Gasteiger partial charge < -0.3 is 4.74 Å². The Hall–Kier alpha value is -0.860. The molecule has 130 valence electrons. The van der Waals surface area contributed by atoms with Gasteiger partial charge in [0.1, 0.15) is 6.10 Å². The zero-order valence-corrected chi connectivity index (χ0v) is 15.7. The number of carbonyl (C=O) groups is 1. The van der Waals surface area contributed by atoms with Gasteiger partial charge in [-0.05, 0) is 32.6 Å². The van der Waals surface area contributed by atoms with Crippen molar-refractivity contribution in [3.63, 3.8) is 0 Å². The van der Waals surface area contributed by atoms with Crippen LogP contribution in [0.2, 0.25) is 0 Å². The summed E-state index contributed by atoms with van der Waals surface area (Å²) in [5, 5.41) is 0. The molecule has 0 amide bonds. The van der Waals surface area contributed by atoms with Gasteiger partial charge in [-0.2, -0.15) is 0 Å². The van der Waals surface area contributed by atoms with Gasteiger partial charge >= 0.3 is 5.97 Å². The number of esters is 1. The first-order valence-electron chi connectivity index (χ1n) is 9.22. The van der Waals surface area contributed by atoms with Gasteiger partial charge in [-0.1, -0.05) is 53.9 Å². The fourth-order valence-corrected chi connectivity index (χ4v) is 2.62. The smallest absolute Gasteiger partial charge is 0.309 e. The minimum Gasteiger partial charge on any atom is -0.462 e. The summed E-state index contributed by atoms with van der Waals surface area (Å²) in [5.41, 5.74) is 1.09. The number of aliphatic imine (C=N–C) groups is 1. The van der Waals surface area contributed by atoms with E-state index >= 15 is 0 Å². The van der Waals surface area contributed by atoms with E-state index in [2.05, 4.69) is 46.5 Å². The third-order valence-corrected chi connectivity index (χ3v) is 4.46. The Balaban J connectivity index is 4.89. The molecule has 0 aromatic rings. The minimum atomic E-state index is -0.0484. The molecule has 0 rings (SSSR count). The molecule has 3 heteroatoms. The Morgan fingerprint density at radius 2 is 1.68 bits per heavy atom. The van der Waals surface area contributed by atoms with E-state index in [4.69, 9.17) is 4.74 Å². The molecule has 2 atom stereocenters. The van der Waals surface area contributed by atoms with Crippen LogP contribution in [0.5, 0.6) is 0 Å². The van der Waals surface area contributed by atoms with E-state index in [9.17, 15) is 4.79 Å². The van der Waals surface area contributed by atoms with Gasteiger partial charge in [0.2, 0.25) is 0 Å². The molecule has 0 aliphatic carbocycles. The molecule has 0 aromatic heterocycles. The third kappa shape index (κ3) is 7.95. The molecule has 0 fully saturated rings. The van der Waals surface area contributed by atoms with Crippen molar-refractivity contribution < 1.29 is 9.53 Å². The first-order valence-corrected chi connectivity index (χ1v) is 9.22. The second kappa shape index (κ2) is 12.7. The highest BCUT2D eigenvalue weighted by atomic mass is 16.5. The average Bonchev–Trinajstić information content (AvgIpc) is 2.53. The maximum absolute atomic E-state index is 12.6. The van der Waals surface area contributed by atoms with Gasteiger partial charge in [-0.3, -0.25) is 9.79 Å². The summed E-state index contributed by atoms with van der Waals surface area (Å²) in [6, 6.07) is 0. The SMILES string of the molecule is CCCCCC(C(=O)OC(CC)CC)C(C)C(C)=NCCC. The van der Waals surface area contributed by atoms with Crippen LogP contribution in [0.3, 0.4) is 0 Å². The van der Waals surface area contributed by atoms with Crippen LogP contribution >= 0.6 is 0 Å². The van der Waals surface area contributed by atoms with Crippen LogP contribution in [0.15, 0.2) is 4.99 Å². The van der Waals surface area contributed by atoms with Crippen LogP contribution in [-0.4, -0.2) is 24.3 Å². The van der Waals surface area contributed by atoms with Crippen LogP contribution in [0.1, 0.15) is 86.5 Å². The normalized spacial score (nSPS) is 15.0. The van der Waals surface area contributed by atoms with E-state index in [1.165, 1.54) is 12.8 Å². The standard InChI is InChI=1S/C19H37NO2/c1-7-11-12-13-18(15(5)16(6)20-14-8-2)19(21)22-17(9-3)10-4/h15,17-18H,7-14H2,1-6H3. The number of hydrogen-bond donors (Lipinski definition) is 0. The largest absolute Gasteiger partial charge is 0.462 e. The Labute approximate surface area is 137 Å². The zero-order valence-electron chi connectivity index (χ0n) is 15.7. The summed E-state index contributed by atoms with van der Waals surface area (Å²) in [5.74, 6) is 0.0985. The van der Waals surface area contributed by atoms with E-state index in [1.807, 2.05) is 0 Å². The fourth-order valence-electron chi connectivity index (χ4n) is 2.62. The maximum atomic E-state index is 12.6. The van der Waals surface area contributed by atoms with Gasteiger partial charge in [0.05, 0.1) is 5.92 Å². The molecule has 22 heavy (non-hydrogen) atoms. The molecule has 0 aliphatic heterocycles. The minimum absolute atomic E-state index is 0.0247. The summed E-state index contributed by atoms with van der Waals surface area (Å²) >= 11 is 0. The van der Waals surface area contributed by atoms with Gasteiger partial charge in [-0.25, -0.2) is 0 Å². The highest BCUT2D eigenvalue weighted by Crippen LogP contribution is 2.24. The van der Waals surface area contributed by atoms with Crippen LogP contribution < -0.4 is 0 Å². The van der Waals surface area contributed by atoms with E-state index in [-0.39, 0.29) is 23.9 Å². The summed E-state index contributed by atoms with van der Waals surface area (Å²) < 4.78 is 5.72. The van der Waals surface area contributed by atoms with Gasteiger partial charge in [0, 0.05) is 18.2 Å². The molecule has 0 spiro atoms. The van der Waals surface area contributed by atoms with E-state index < -0.39 is 0 Å². The van der Waals surface area contributed by atoms with Crippen molar-refractivity contribution >= 4 is 11.7 Å². The third-order valence-electron chi connectivity index (χ3n) is 4.46.